The molecule has 4 aromatic rings. The van der Waals surface area contributed by atoms with Gasteiger partial charge in [-0.15, -0.1) is 0 Å². The van der Waals surface area contributed by atoms with E-state index in [2.05, 4.69) is 9.97 Å². The predicted molar refractivity (Wildman–Crippen MR) is 78.7 cm³/mol. The Morgan fingerprint density at radius 1 is 1.18 bits per heavy atom. The summed E-state index contributed by atoms with van der Waals surface area (Å²) in [5.41, 5.74) is 1.71. The topological polar surface area (TPSA) is 53.8 Å². The largest absolute Gasteiger partial charge is 0.493 e. The first-order chi connectivity index (χ1) is 10.6. The summed E-state index contributed by atoms with van der Waals surface area (Å²) < 4.78 is 28.6. The molecule has 0 amide bonds. The Kier molecular flexibility index (Phi) is 2.66. The number of aromatic amines is 1. The van der Waals surface area contributed by atoms with Gasteiger partial charge in [0.2, 0.25) is 5.88 Å². The average molecular weight is 299 g/mol. The third-order valence-corrected chi connectivity index (χ3v) is 3.80. The van der Waals surface area contributed by atoms with Gasteiger partial charge in [0.05, 0.1) is 18.3 Å². The summed E-state index contributed by atoms with van der Waals surface area (Å²) in [5, 5.41) is 11.4. The molecule has 22 heavy (non-hydrogen) atoms. The van der Waals surface area contributed by atoms with E-state index in [-0.39, 0.29) is 12.4 Å². The van der Waals surface area contributed by atoms with Gasteiger partial charge in [0.25, 0.3) is 0 Å². The first-order valence-electron chi connectivity index (χ1n) is 6.71. The van der Waals surface area contributed by atoms with E-state index < -0.39 is 11.6 Å². The van der Waals surface area contributed by atoms with Gasteiger partial charge in [0.1, 0.15) is 17.2 Å². The Labute approximate surface area is 123 Å². The van der Waals surface area contributed by atoms with Crippen molar-refractivity contribution in [2.24, 2.45) is 0 Å². The van der Waals surface area contributed by atoms with E-state index in [1.54, 1.807) is 12.4 Å². The average Bonchev–Trinajstić information content (AvgIpc) is 3.06. The number of benzene rings is 1. The van der Waals surface area contributed by atoms with Crippen LogP contribution in [0.5, 0.6) is 5.88 Å². The monoisotopic (exact) mass is 299 g/mol. The number of hydrogen-bond acceptors (Lipinski definition) is 2. The molecule has 1 aromatic carbocycles. The maximum atomic E-state index is 13.8. The van der Waals surface area contributed by atoms with E-state index in [1.807, 2.05) is 16.8 Å². The summed E-state index contributed by atoms with van der Waals surface area (Å²) in [7, 11) is 0. The fourth-order valence-corrected chi connectivity index (χ4v) is 2.69. The van der Waals surface area contributed by atoms with Crippen LogP contribution in [0.15, 0.2) is 42.9 Å². The SMILES string of the molecule is Oc1[nH]cc2c1ncc1c2ccn1Cc1ccc(F)cc1F. The fourth-order valence-electron chi connectivity index (χ4n) is 2.69. The summed E-state index contributed by atoms with van der Waals surface area (Å²) in [6, 6.07) is 5.44. The summed E-state index contributed by atoms with van der Waals surface area (Å²) >= 11 is 0. The van der Waals surface area contributed by atoms with Gasteiger partial charge in [-0.2, -0.15) is 0 Å². The molecular formula is C16H11F2N3O. The standard InChI is InChI=1S/C16H11F2N3O/c17-10-2-1-9(13(18)5-10)8-21-4-3-11-12-6-20-16(22)15(12)19-7-14(11)21/h1-7,20,22H,8H2. The molecule has 0 unspecified atom stereocenters. The molecule has 0 fully saturated rings. The van der Waals surface area contributed by atoms with Gasteiger partial charge in [-0.1, -0.05) is 6.07 Å². The third-order valence-electron chi connectivity index (χ3n) is 3.80. The van der Waals surface area contributed by atoms with E-state index in [0.717, 1.165) is 22.4 Å². The van der Waals surface area contributed by atoms with Crippen LogP contribution >= 0.6 is 0 Å². The first kappa shape index (κ1) is 12.8. The highest BCUT2D eigenvalue weighted by atomic mass is 19.1. The van der Waals surface area contributed by atoms with Crippen LogP contribution in [0.4, 0.5) is 8.78 Å². The van der Waals surface area contributed by atoms with E-state index in [4.69, 9.17) is 0 Å². The highest BCUT2D eigenvalue weighted by Crippen LogP contribution is 2.29. The Morgan fingerprint density at radius 3 is 2.86 bits per heavy atom. The number of H-pyrrole nitrogens is 1. The molecule has 0 bridgehead atoms. The summed E-state index contributed by atoms with van der Waals surface area (Å²) in [4.78, 5) is 6.95. The smallest absolute Gasteiger partial charge is 0.215 e. The normalized spacial score (nSPS) is 11.5. The molecule has 110 valence electrons. The zero-order valence-electron chi connectivity index (χ0n) is 11.3. The molecule has 0 aliphatic rings. The van der Waals surface area contributed by atoms with Crippen LogP contribution in [0.25, 0.3) is 21.8 Å². The summed E-state index contributed by atoms with van der Waals surface area (Å²) in [6.45, 7) is 0.277. The van der Waals surface area contributed by atoms with Crippen LogP contribution in [0, 0.1) is 11.6 Å². The van der Waals surface area contributed by atoms with E-state index in [9.17, 15) is 13.9 Å². The minimum absolute atomic E-state index is 0.0224. The second kappa shape index (κ2) is 4.56. The lowest BCUT2D eigenvalue weighted by Gasteiger charge is -2.07. The van der Waals surface area contributed by atoms with E-state index >= 15 is 0 Å². The number of fused-ring (bicyclic) bond motifs is 3. The molecule has 4 rings (SSSR count). The molecule has 3 heterocycles. The molecule has 4 nitrogen and oxygen atoms in total. The van der Waals surface area contributed by atoms with Gasteiger partial charge >= 0.3 is 0 Å². The lowest BCUT2D eigenvalue weighted by Crippen LogP contribution is -2.01. The van der Waals surface area contributed by atoms with Crippen molar-refractivity contribution >= 4 is 21.8 Å². The van der Waals surface area contributed by atoms with Gasteiger partial charge in [-0.05, 0) is 12.1 Å². The Morgan fingerprint density at radius 2 is 2.05 bits per heavy atom. The van der Waals surface area contributed by atoms with Crippen LogP contribution < -0.4 is 0 Å². The van der Waals surface area contributed by atoms with Crippen molar-refractivity contribution in [1.29, 1.82) is 0 Å². The molecule has 0 spiro atoms. The lowest BCUT2D eigenvalue weighted by atomic mass is 10.2. The minimum atomic E-state index is -0.593. The molecule has 0 aliphatic carbocycles. The number of hydrogen-bond donors (Lipinski definition) is 2. The number of rotatable bonds is 2. The van der Waals surface area contributed by atoms with Crippen LogP contribution in [-0.2, 0) is 6.54 Å². The molecule has 0 atom stereocenters. The zero-order chi connectivity index (χ0) is 15.3. The number of nitrogens with one attached hydrogen (secondary N) is 1. The van der Waals surface area contributed by atoms with Crippen molar-refractivity contribution in [1.82, 2.24) is 14.5 Å². The molecule has 6 heteroatoms. The van der Waals surface area contributed by atoms with Crippen molar-refractivity contribution in [3.05, 3.63) is 60.1 Å². The van der Waals surface area contributed by atoms with Crippen molar-refractivity contribution in [2.75, 3.05) is 0 Å². The molecule has 0 saturated heterocycles. The van der Waals surface area contributed by atoms with E-state index in [0.29, 0.717) is 11.1 Å². The van der Waals surface area contributed by atoms with Gasteiger partial charge < -0.3 is 14.7 Å². The molecule has 3 aromatic heterocycles. The maximum absolute atomic E-state index is 13.8. The lowest BCUT2D eigenvalue weighted by molar-refractivity contribution is 0.461. The highest BCUT2D eigenvalue weighted by molar-refractivity contribution is 6.06. The second-order valence-corrected chi connectivity index (χ2v) is 5.14. The molecule has 0 saturated carbocycles. The Hall–Kier alpha value is -2.89. The Balaban J connectivity index is 1.84. The quantitative estimate of drug-likeness (QED) is 0.595. The van der Waals surface area contributed by atoms with Crippen LogP contribution in [0.1, 0.15) is 5.56 Å². The molecule has 0 aliphatic heterocycles. The van der Waals surface area contributed by atoms with Gasteiger partial charge in [0.15, 0.2) is 0 Å². The summed E-state index contributed by atoms with van der Waals surface area (Å²) in [6.07, 6.45) is 5.13. The maximum Gasteiger partial charge on any atom is 0.215 e. The predicted octanol–water partition coefficient (Wildman–Crippen LogP) is 3.55. The molecule has 2 N–H and O–H groups in total. The van der Waals surface area contributed by atoms with Crippen LogP contribution in [0.2, 0.25) is 0 Å². The van der Waals surface area contributed by atoms with Crippen molar-refractivity contribution in [3.8, 4) is 5.88 Å². The molecular weight excluding hydrogens is 288 g/mol. The number of aromatic hydroxyl groups is 1. The minimum Gasteiger partial charge on any atom is -0.493 e. The number of halogens is 2. The van der Waals surface area contributed by atoms with E-state index in [1.165, 1.54) is 12.1 Å². The highest BCUT2D eigenvalue weighted by Gasteiger charge is 2.12. The summed E-state index contributed by atoms with van der Waals surface area (Å²) in [5.74, 6) is -1.14. The Bertz CT molecular complexity index is 1000. The van der Waals surface area contributed by atoms with Crippen LogP contribution in [-0.4, -0.2) is 19.6 Å². The number of pyridine rings is 1. The van der Waals surface area contributed by atoms with Crippen molar-refractivity contribution < 1.29 is 13.9 Å². The van der Waals surface area contributed by atoms with Gasteiger partial charge in [-0.3, -0.25) is 0 Å². The molecule has 0 radical (unpaired) electrons. The van der Waals surface area contributed by atoms with Gasteiger partial charge in [-0.25, -0.2) is 13.8 Å². The van der Waals surface area contributed by atoms with Crippen LogP contribution in [0.3, 0.4) is 0 Å². The second-order valence-electron chi connectivity index (χ2n) is 5.14. The van der Waals surface area contributed by atoms with Crippen molar-refractivity contribution in [2.45, 2.75) is 6.54 Å². The first-order valence-corrected chi connectivity index (χ1v) is 6.71. The zero-order valence-corrected chi connectivity index (χ0v) is 11.3. The fraction of sp³-hybridized carbons (Fsp3) is 0.0625. The number of nitrogens with zero attached hydrogens (tertiary/aromatic N) is 2. The third kappa shape index (κ3) is 1.84. The van der Waals surface area contributed by atoms with Gasteiger partial charge in [0, 0.05) is 34.8 Å². The van der Waals surface area contributed by atoms with Crippen molar-refractivity contribution in [3.63, 3.8) is 0 Å². The number of aromatic nitrogens is 3.